The predicted molar refractivity (Wildman–Crippen MR) is 70.2 cm³/mol. The van der Waals surface area contributed by atoms with Gasteiger partial charge in [-0.3, -0.25) is 4.98 Å². The second-order valence-electron chi connectivity index (χ2n) is 4.11. The van der Waals surface area contributed by atoms with E-state index in [1.165, 1.54) is 10.9 Å². The van der Waals surface area contributed by atoms with Crippen molar-refractivity contribution in [3.63, 3.8) is 0 Å². The van der Waals surface area contributed by atoms with Crippen LogP contribution in [0.25, 0.3) is 10.9 Å². The topological polar surface area (TPSA) is 65.2 Å². The Hall–Kier alpha value is -2.10. The Balaban J connectivity index is 1.93. The van der Waals surface area contributed by atoms with Crippen molar-refractivity contribution in [2.45, 2.75) is 19.3 Å². The van der Waals surface area contributed by atoms with E-state index in [0.717, 1.165) is 24.8 Å². The molecule has 2 rings (SSSR count). The molecule has 0 saturated heterocycles. The average molecular weight is 244 g/mol. The smallest absolute Gasteiger partial charge is 0.404 e. The summed E-state index contributed by atoms with van der Waals surface area (Å²) in [6.07, 6.45) is 3.85. The van der Waals surface area contributed by atoms with Crippen LogP contribution in [-0.2, 0) is 11.2 Å². The molecular weight excluding hydrogens is 228 g/mol. The Kier molecular flexibility index (Phi) is 4.12. The van der Waals surface area contributed by atoms with Crippen LogP contribution in [0.4, 0.5) is 4.79 Å². The van der Waals surface area contributed by atoms with E-state index in [4.69, 9.17) is 10.5 Å². The van der Waals surface area contributed by atoms with Gasteiger partial charge in [0.2, 0.25) is 0 Å². The minimum Gasteiger partial charge on any atom is -0.450 e. The molecule has 1 aromatic heterocycles. The minimum absolute atomic E-state index is 0.387. The third-order valence-corrected chi connectivity index (χ3v) is 2.82. The zero-order valence-electron chi connectivity index (χ0n) is 10.1. The lowest BCUT2D eigenvalue weighted by molar-refractivity contribution is 0.154. The number of amides is 1. The van der Waals surface area contributed by atoms with Gasteiger partial charge < -0.3 is 10.5 Å². The van der Waals surface area contributed by atoms with Gasteiger partial charge in [0.05, 0.1) is 12.1 Å². The van der Waals surface area contributed by atoms with Crippen molar-refractivity contribution in [2.75, 3.05) is 6.61 Å². The second-order valence-corrected chi connectivity index (χ2v) is 4.11. The Labute approximate surface area is 106 Å². The van der Waals surface area contributed by atoms with Crippen LogP contribution in [0.15, 0.2) is 36.5 Å². The number of benzene rings is 1. The molecule has 0 aliphatic heterocycles. The number of fused-ring (bicyclic) bond motifs is 1. The number of aromatic nitrogens is 1. The number of nitrogens with zero attached hydrogens (tertiary/aromatic N) is 1. The number of pyridine rings is 1. The Morgan fingerprint density at radius 3 is 2.89 bits per heavy atom. The fourth-order valence-corrected chi connectivity index (χ4v) is 1.96. The van der Waals surface area contributed by atoms with Crippen LogP contribution in [0.5, 0.6) is 0 Å². The molecule has 0 unspecified atom stereocenters. The summed E-state index contributed by atoms with van der Waals surface area (Å²) in [6.45, 7) is 0.387. The monoisotopic (exact) mass is 244 g/mol. The maximum atomic E-state index is 10.4. The van der Waals surface area contributed by atoms with E-state index in [-0.39, 0.29) is 0 Å². The summed E-state index contributed by atoms with van der Waals surface area (Å²) >= 11 is 0. The number of carbonyl (C=O) groups is 1. The summed E-state index contributed by atoms with van der Waals surface area (Å²) in [6, 6.07) is 10.1. The van der Waals surface area contributed by atoms with Gasteiger partial charge >= 0.3 is 6.09 Å². The lowest BCUT2D eigenvalue weighted by Gasteiger charge is -2.05. The number of aryl methyl sites for hydroxylation is 1. The summed E-state index contributed by atoms with van der Waals surface area (Å²) in [5.41, 5.74) is 7.19. The molecule has 0 spiro atoms. The third kappa shape index (κ3) is 3.20. The molecule has 0 aliphatic rings. The van der Waals surface area contributed by atoms with Gasteiger partial charge in [0, 0.05) is 11.6 Å². The van der Waals surface area contributed by atoms with Gasteiger partial charge in [0.1, 0.15) is 0 Å². The van der Waals surface area contributed by atoms with Gasteiger partial charge in [-0.1, -0.05) is 18.2 Å². The van der Waals surface area contributed by atoms with Gasteiger partial charge in [-0.15, -0.1) is 0 Å². The summed E-state index contributed by atoms with van der Waals surface area (Å²) in [4.78, 5) is 14.7. The van der Waals surface area contributed by atoms with Gasteiger partial charge in [0.15, 0.2) is 0 Å². The van der Waals surface area contributed by atoms with Gasteiger partial charge in [-0.25, -0.2) is 4.79 Å². The number of para-hydroxylation sites is 1. The average Bonchev–Trinajstić information content (AvgIpc) is 2.38. The Morgan fingerprint density at radius 2 is 2.06 bits per heavy atom. The summed E-state index contributed by atoms with van der Waals surface area (Å²) in [7, 11) is 0. The van der Waals surface area contributed by atoms with Crippen LogP contribution in [0.3, 0.4) is 0 Å². The first kappa shape index (κ1) is 12.4. The predicted octanol–water partition coefficient (Wildman–Crippen LogP) is 2.65. The van der Waals surface area contributed by atoms with Crippen LogP contribution >= 0.6 is 0 Å². The normalized spacial score (nSPS) is 10.4. The van der Waals surface area contributed by atoms with Crippen molar-refractivity contribution >= 4 is 17.0 Å². The molecule has 18 heavy (non-hydrogen) atoms. The largest absolute Gasteiger partial charge is 0.450 e. The number of hydrogen-bond acceptors (Lipinski definition) is 3. The molecule has 1 amide bonds. The molecule has 2 aromatic rings. The molecule has 94 valence electrons. The van der Waals surface area contributed by atoms with Crippen molar-refractivity contribution in [1.29, 1.82) is 0 Å². The molecule has 1 heterocycles. The zero-order chi connectivity index (χ0) is 12.8. The number of hydrogen-bond donors (Lipinski definition) is 1. The van der Waals surface area contributed by atoms with Crippen molar-refractivity contribution in [1.82, 2.24) is 4.98 Å². The highest BCUT2D eigenvalue weighted by Crippen LogP contribution is 2.17. The third-order valence-electron chi connectivity index (χ3n) is 2.82. The van der Waals surface area contributed by atoms with E-state index in [0.29, 0.717) is 6.61 Å². The molecule has 1 aromatic carbocycles. The van der Waals surface area contributed by atoms with Crippen LogP contribution < -0.4 is 5.73 Å². The standard InChI is InChI=1S/C14H16N2O2/c15-14(17)18-10-4-3-5-11-8-9-16-13-7-2-1-6-12(11)13/h1-2,6-9H,3-5,10H2,(H2,15,17). The summed E-state index contributed by atoms with van der Waals surface area (Å²) < 4.78 is 4.69. The molecule has 0 radical (unpaired) electrons. The molecule has 0 saturated carbocycles. The van der Waals surface area contributed by atoms with E-state index < -0.39 is 6.09 Å². The fourth-order valence-electron chi connectivity index (χ4n) is 1.96. The summed E-state index contributed by atoms with van der Waals surface area (Å²) in [5, 5.41) is 1.19. The van der Waals surface area contributed by atoms with Crippen molar-refractivity contribution in [3.05, 3.63) is 42.1 Å². The molecule has 4 nitrogen and oxygen atoms in total. The van der Waals surface area contributed by atoms with E-state index in [1.807, 2.05) is 30.5 Å². The quantitative estimate of drug-likeness (QED) is 0.822. The Morgan fingerprint density at radius 1 is 1.22 bits per heavy atom. The summed E-state index contributed by atoms with van der Waals surface area (Å²) in [5.74, 6) is 0. The zero-order valence-corrected chi connectivity index (χ0v) is 10.1. The highest BCUT2D eigenvalue weighted by molar-refractivity contribution is 5.81. The van der Waals surface area contributed by atoms with Gasteiger partial charge in [0.25, 0.3) is 0 Å². The Bertz CT molecular complexity index is 535. The molecule has 4 heteroatoms. The highest BCUT2D eigenvalue weighted by Gasteiger charge is 2.01. The minimum atomic E-state index is -0.704. The first-order chi connectivity index (χ1) is 8.77. The lowest BCUT2D eigenvalue weighted by Crippen LogP contribution is -2.13. The fraction of sp³-hybridized carbons (Fsp3) is 0.286. The number of rotatable bonds is 5. The van der Waals surface area contributed by atoms with Crippen LogP contribution in [0.1, 0.15) is 18.4 Å². The molecule has 2 N–H and O–H groups in total. The van der Waals surface area contributed by atoms with Crippen molar-refractivity contribution in [3.8, 4) is 0 Å². The van der Waals surface area contributed by atoms with E-state index in [9.17, 15) is 4.79 Å². The number of primary amides is 1. The molecule has 0 aliphatic carbocycles. The van der Waals surface area contributed by atoms with Crippen molar-refractivity contribution < 1.29 is 9.53 Å². The maximum absolute atomic E-state index is 10.4. The van der Waals surface area contributed by atoms with Gasteiger partial charge in [-0.2, -0.15) is 0 Å². The van der Waals surface area contributed by atoms with Crippen LogP contribution in [0.2, 0.25) is 0 Å². The second kappa shape index (κ2) is 6.00. The van der Waals surface area contributed by atoms with Crippen LogP contribution in [0, 0.1) is 0 Å². The van der Waals surface area contributed by atoms with Gasteiger partial charge in [-0.05, 0) is 37.0 Å². The van der Waals surface area contributed by atoms with E-state index in [1.54, 1.807) is 0 Å². The number of ether oxygens (including phenoxy) is 1. The highest BCUT2D eigenvalue weighted by atomic mass is 16.5. The van der Waals surface area contributed by atoms with Crippen molar-refractivity contribution in [2.24, 2.45) is 5.73 Å². The number of unbranched alkanes of at least 4 members (excludes halogenated alkanes) is 1. The molecular formula is C14H16N2O2. The first-order valence-corrected chi connectivity index (χ1v) is 6.02. The molecule has 0 atom stereocenters. The number of nitrogens with two attached hydrogens (primary N) is 1. The first-order valence-electron chi connectivity index (χ1n) is 6.02. The SMILES string of the molecule is NC(=O)OCCCCc1ccnc2ccccc12. The van der Waals surface area contributed by atoms with Crippen LogP contribution in [-0.4, -0.2) is 17.7 Å². The van der Waals surface area contributed by atoms with E-state index >= 15 is 0 Å². The van der Waals surface area contributed by atoms with E-state index in [2.05, 4.69) is 11.1 Å². The number of carbonyl (C=O) groups excluding carboxylic acids is 1. The molecule has 0 bridgehead atoms. The maximum Gasteiger partial charge on any atom is 0.404 e. The lowest BCUT2D eigenvalue weighted by atomic mass is 10.0. The molecule has 0 fully saturated rings.